The minimum atomic E-state index is -0.0595. The molecule has 0 saturated heterocycles. The van der Waals surface area contributed by atoms with Crippen molar-refractivity contribution < 1.29 is 4.79 Å². The molecule has 3 fully saturated rings. The molecule has 2 bridgehead atoms. The van der Waals surface area contributed by atoms with Crippen LogP contribution in [0.25, 0.3) is 0 Å². The molecule has 72 valence electrons. The summed E-state index contributed by atoms with van der Waals surface area (Å²) in [5.74, 6) is 0.904. The van der Waals surface area contributed by atoms with Crippen molar-refractivity contribution >= 4 is 5.78 Å². The number of ketones is 1. The zero-order chi connectivity index (χ0) is 9.76. The Morgan fingerprint density at radius 3 is 2.71 bits per heavy atom. The zero-order valence-corrected chi connectivity index (χ0v) is 8.42. The minimum Gasteiger partial charge on any atom is -0.298 e. The molecule has 0 N–H and O–H groups in total. The van der Waals surface area contributed by atoms with Crippen molar-refractivity contribution in [3.63, 3.8) is 0 Å². The summed E-state index contributed by atoms with van der Waals surface area (Å²) in [6, 6.07) is 8.35. The lowest BCUT2D eigenvalue weighted by Crippen LogP contribution is -2.44. The van der Waals surface area contributed by atoms with E-state index in [2.05, 4.69) is 25.1 Å². The number of Topliss-reactive ketones (excluding diaryl/α,β-unsaturated/α-hetero) is 1. The quantitative estimate of drug-likeness (QED) is 0.659. The molecule has 0 spiro atoms. The van der Waals surface area contributed by atoms with Gasteiger partial charge in [0, 0.05) is 5.92 Å². The summed E-state index contributed by atoms with van der Waals surface area (Å²) in [6.07, 6.45) is 3.31. The number of hydrogen-bond acceptors (Lipinski definition) is 1. The van der Waals surface area contributed by atoms with Gasteiger partial charge in [-0.15, -0.1) is 0 Å². The highest BCUT2D eigenvalue weighted by molar-refractivity contribution is 6.00. The van der Waals surface area contributed by atoms with Gasteiger partial charge in [-0.3, -0.25) is 4.79 Å². The van der Waals surface area contributed by atoms with Crippen LogP contribution in [0, 0.1) is 12.8 Å². The monoisotopic (exact) mass is 186 g/mol. The number of carbonyl (C=O) groups is 1. The van der Waals surface area contributed by atoms with Gasteiger partial charge in [0.1, 0.15) is 5.78 Å². The van der Waals surface area contributed by atoms with E-state index in [0.717, 1.165) is 19.3 Å². The Kier molecular flexibility index (Phi) is 1.45. The maximum atomic E-state index is 11.9. The van der Waals surface area contributed by atoms with E-state index < -0.39 is 0 Å². The van der Waals surface area contributed by atoms with Crippen molar-refractivity contribution in [3.05, 3.63) is 35.4 Å². The maximum absolute atomic E-state index is 11.9. The van der Waals surface area contributed by atoms with Crippen molar-refractivity contribution in [2.45, 2.75) is 31.6 Å². The topological polar surface area (TPSA) is 17.1 Å². The fraction of sp³-hybridized carbons (Fsp3) is 0.462. The molecule has 0 amide bonds. The molecule has 1 aromatic rings. The Morgan fingerprint density at radius 1 is 1.36 bits per heavy atom. The number of fused-ring (bicyclic) bond motifs is 1. The first-order chi connectivity index (χ1) is 6.74. The van der Waals surface area contributed by atoms with Gasteiger partial charge < -0.3 is 0 Å². The second-order valence-corrected chi connectivity index (χ2v) is 4.70. The Labute approximate surface area is 84.1 Å². The molecule has 0 aromatic heterocycles. The third-order valence-corrected chi connectivity index (χ3v) is 4.02. The summed E-state index contributed by atoms with van der Waals surface area (Å²) < 4.78 is 0. The van der Waals surface area contributed by atoms with Crippen LogP contribution in [0.15, 0.2) is 24.3 Å². The van der Waals surface area contributed by atoms with E-state index in [4.69, 9.17) is 0 Å². The first-order valence-electron chi connectivity index (χ1n) is 5.34. The van der Waals surface area contributed by atoms with Crippen molar-refractivity contribution in [2.75, 3.05) is 0 Å². The van der Waals surface area contributed by atoms with Gasteiger partial charge in [0.05, 0.1) is 5.41 Å². The van der Waals surface area contributed by atoms with Crippen molar-refractivity contribution in [2.24, 2.45) is 5.92 Å². The van der Waals surface area contributed by atoms with Crippen molar-refractivity contribution in [3.8, 4) is 0 Å². The number of aryl methyl sites for hydroxylation is 1. The van der Waals surface area contributed by atoms with E-state index in [1.54, 1.807) is 0 Å². The van der Waals surface area contributed by atoms with Crippen LogP contribution in [0.5, 0.6) is 0 Å². The average Bonchev–Trinajstić information content (AvgIpc) is 2.76. The van der Waals surface area contributed by atoms with Gasteiger partial charge in [-0.05, 0) is 37.3 Å². The third kappa shape index (κ3) is 0.783. The summed E-state index contributed by atoms with van der Waals surface area (Å²) in [5, 5.41) is 0. The summed E-state index contributed by atoms with van der Waals surface area (Å²) in [4.78, 5) is 11.9. The predicted octanol–water partition coefficient (Wildman–Crippen LogP) is 2.62. The second kappa shape index (κ2) is 2.47. The van der Waals surface area contributed by atoms with Gasteiger partial charge in [0.15, 0.2) is 0 Å². The van der Waals surface area contributed by atoms with Gasteiger partial charge in [0.2, 0.25) is 0 Å². The van der Waals surface area contributed by atoms with E-state index >= 15 is 0 Å². The summed E-state index contributed by atoms with van der Waals surface area (Å²) in [6.45, 7) is 2.11. The molecule has 2 unspecified atom stereocenters. The van der Waals surface area contributed by atoms with Crippen LogP contribution < -0.4 is 0 Å². The van der Waals surface area contributed by atoms with Gasteiger partial charge in [0.25, 0.3) is 0 Å². The van der Waals surface area contributed by atoms with Crippen LogP contribution in [-0.4, -0.2) is 5.78 Å². The van der Waals surface area contributed by atoms with E-state index in [1.807, 2.05) is 6.07 Å². The fourth-order valence-electron chi connectivity index (χ4n) is 3.24. The molecule has 2 atom stereocenters. The maximum Gasteiger partial charge on any atom is 0.146 e. The Bertz CT molecular complexity index is 403. The highest BCUT2D eigenvalue weighted by Crippen LogP contribution is 2.57. The van der Waals surface area contributed by atoms with Crippen LogP contribution in [0.2, 0.25) is 0 Å². The highest BCUT2D eigenvalue weighted by atomic mass is 16.1. The second-order valence-electron chi connectivity index (χ2n) is 4.70. The molecule has 1 heteroatoms. The molecule has 1 nitrogen and oxygen atoms in total. The summed E-state index contributed by atoms with van der Waals surface area (Å²) in [5.41, 5.74) is 2.51. The predicted molar refractivity (Wildman–Crippen MR) is 55.2 cm³/mol. The Hall–Kier alpha value is -1.11. The summed E-state index contributed by atoms with van der Waals surface area (Å²) >= 11 is 0. The lowest BCUT2D eigenvalue weighted by molar-refractivity contribution is -0.133. The normalized spacial score (nSPS) is 34.4. The smallest absolute Gasteiger partial charge is 0.146 e. The number of benzene rings is 1. The Morgan fingerprint density at radius 2 is 2.14 bits per heavy atom. The molecule has 3 aliphatic carbocycles. The van der Waals surface area contributed by atoms with Crippen LogP contribution in [0.4, 0.5) is 0 Å². The van der Waals surface area contributed by atoms with E-state index in [1.165, 1.54) is 11.1 Å². The molecule has 4 rings (SSSR count). The van der Waals surface area contributed by atoms with Crippen molar-refractivity contribution in [1.82, 2.24) is 0 Å². The molecule has 14 heavy (non-hydrogen) atoms. The van der Waals surface area contributed by atoms with Crippen LogP contribution in [-0.2, 0) is 10.2 Å². The lowest BCUT2D eigenvalue weighted by atomic mass is 9.63. The van der Waals surface area contributed by atoms with Gasteiger partial charge in [-0.1, -0.05) is 24.3 Å². The fourth-order valence-corrected chi connectivity index (χ4v) is 3.24. The molecule has 0 aliphatic heterocycles. The van der Waals surface area contributed by atoms with Gasteiger partial charge >= 0.3 is 0 Å². The first kappa shape index (κ1) is 8.22. The van der Waals surface area contributed by atoms with Crippen LogP contribution in [0.1, 0.15) is 30.4 Å². The number of rotatable bonds is 1. The molecule has 0 heterocycles. The van der Waals surface area contributed by atoms with E-state index in [9.17, 15) is 4.79 Å². The number of hydrogen-bond donors (Lipinski definition) is 0. The lowest BCUT2D eigenvalue weighted by Gasteiger charge is -2.38. The molecule has 0 radical (unpaired) electrons. The van der Waals surface area contributed by atoms with E-state index in [0.29, 0.717) is 11.7 Å². The third-order valence-electron chi connectivity index (χ3n) is 4.02. The standard InChI is InChI=1S/C13H14O/c1-9-4-2-3-5-11(9)13-7-6-10(8-13)12(13)14/h2-5,10H,6-8H2,1H3. The van der Waals surface area contributed by atoms with Gasteiger partial charge in [-0.25, -0.2) is 0 Å². The molecular weight excluding hydrogens is 172 g/mol. The molecule has 3 aliphatic rings. The first-order valence-corrected chi connectivity index (χ1v) is 5.34. The van der Waals surface area contributed by atoms with Crippen molar-refractivity contribution in [1.29, 1.82) is 0 Å². The summed E-state index contributed by atoms with van der Waals surface area (Å²) in [7, 11) is 0. The van der Waals surface area contributed by atoms with Gasteiger partial charge in [-0.2, -0.15) is 0 Å². The zero-order valence-electron chi connectivity index (χ0n) is 8.42. The molecular formula is C13H14O. The largest absolute Gasteiger partial charge is 0.298 e. The molecule has 1 aromatic carbocycles. The minimum absolute atomic E-state index is 0.0595. The molecule has 3 saturated carbocycles. The highest BCUT2D eigenvalue weighted by Gasteiger charge is 2.59. The van der Waals surface area contributed by atoms with Crippen LogP contribution >= 0.6 is 0 Å². The van der Waals surface area contributed by atoms with Crippen LogP contribution in [0.3, 0.4) is 0 Å². The Balaban J connectivity index is 2.12. The van der Waals surface area contributed by atoms with E-state index in [-0.39, 0.29) is 5.41 Å². The number of carbonyl (C=O) groups excluding carboxylic acids is 1. The average molecular weight is 186 g/mol. The SMILES string of the molecule is Cc1ccccc1C12CCC(C1)C2=O.